The van der Waals surface area contributed by atoms with Gasteiger partial charge in [-0.2, -0.15) is 0 Å². The second kappa shape index (κ2) is 8.27. The third-order valence-electron chi connectivity index (χ3n) is 4.57. The molecule has 0 fully saturated rings. The summed E-state index contributed by atoms with van der Waals surface area (Å²) in [6.07, 6.45) is 3.42. The van der Waals surface area contributed by atoms with Crippen LogP contribution in [-0.4, -0.2) is 29.5 Å². The van der Waals surface area contributed by atoms with Crippen molar-refractivity contribution < 1.29 is 8.78 Å². The maximum absolute atomic E-state index is 13.9. The summed E-state index contributed by atoms with van der Waals surface area (Å²) < 4.78 is 28.3. The number of nitrogens with one attached hydrogen (secondary N) is 1. The Labute approximate surface area is 174 Å². The lowest BCUT2D eigenvalue weighted by Crippen LogP contribution is -2.24. The maximum Gasteiger partial charge on any atom is 0.268 e. The van der Waals surface area contributed by atoms with Crippen LogP contribution in [0.2, 0.25) is 0 Å². The lowest BCUT2D eigenvalue weighted by molar-refractivity contribution is 0.626. The van der Waals surface area contributed by atoms with Gasteiger partial charge >= 0.3 is 0 Å². The molecule has 0 unspecified atom stereocenters. The molecule has 10 heteroatoms. The molecule has 0 radical (unpaired) electrons. The number of aryl methyl sites for hydroxylation is 1. The van der Waals surface area contributed by atoms with Crippen molar-refractivity contribution in [1.82, 2.24) is 29.5 Å². The van der Waals surface area contributed by atoms with Crippen LogP contribution in [0.25, 0.3) is 27.8 Å². The van der Waals surface area contributed by atoms with E-state index in [1.807, 2.05) is 6.92 Å². The van der Waals surface area contributed by atoms with Crippen molar-refractivity contribution in [3.8, 4) is 5.69 Å². The van der Waals surface area contributed by atoms with E-state index in [9.17, 15) is 13.6 Å². The van der Waals surface area contributed by atoms with Crippen LogP contribution in [0.5, 0.6) is 0 Å². The lowest BCUT2D eigenvalue weighted by Gasteiger charge is -2.12. The molecular formula is C21H17F2N7O. The van der Waals surface area contributed by atoms with Crippen molar-refractivity contribution in [1.29, 1.82) is 0 Å². The van der Waals surface area contributed by atoms with Gasteiger partial charge in [0.15, 0.2) is 11.5 Å². The van der Waals surface area contributed by atoms with Crippen LogP contribution in [0.4, 0.5) is 14.6 Å². The molecule has 0 amide bonds. The van der Waals surface area contributed by atoms with Crippen LogP contribution in [0, 0.1) is 11.6 Å². The van der Waals surface area contributed by atoms with Crippen LogP contribution >= 0.6 is 0 Å². The smallest absolute Gasteiger partial charge is 0.268 e. The summed E-state index contributed by atoms with van der Waals surface area (Å²) in [6.45, 7) is 1.85. The predicted octanol–water partition coefficient (Wildman–Crippen LogP) is 3.16. The predicted molar refractivity (Wildman–Crippen MR) is 113 cm³/mol. The second-order valence-electron chi connectivity index (χ2n) is 6.49. The number of imidazole rings is 1. The van der Waals surface area contributed by atoms with Crippen LogP contribution in [0.15, 0.2) is 59.9 Å². The zero-order valence-electron chi connectivity index (χ0n) is 16.4. The molecule has 3 aromatic heterocycles. The summed E-state index contributed by atoms with van der Waals surface area (Å²) in [7, 11) is 0. The standard InChI is InChI=1S/C16H12F2N2O.C5H5N5/c1-2-14-19-13-5-3-4-12(18)15(13)16(21)20(14)11-8-6-10(17)7-9-11;6-4-3-5(9-1-7-3)10-2-8-4/h3-9H,2H2,1H3;1-2H,(H3,6,7,8,9,10). The topological polar surface area (TPSA) is 115 Å². The Bertz CT molecular complexity index is 1430. The highest BCUT2D eigenvalue weighted by molar-refractivity contribution is 5.80. The van der Waals surface area contributed by atoms with Gasteiger partial charge in [0.2, 0.25) is 0 Å². The van der Waals surface area contributed by atoms with Crippen LogP contribution in [0.1, 0.15) is 12.7 Å². The minimum Gasteiger partial charge on any atom is -0.382 e. The third-order valence-corrected chi connectivity index (χ3v) is 4.57. The van der Waals surface area contributed by atoms with E-state index in [4.69, 9.17) is 5.73 Å². The number of nitrogens with two attached hydrogens (primary N) is 1. The van der Waals surface area contributed by atoms with Gasteiger partial charge < -0.3 is 10.7 Å². The molecule has 5 rings (SSSR count). The van der Waals surface area contributed by atoms with Gasteiger partial charge in [0.05, 0.1) is 17.5 Å². The molecule has 0 aliphatic rings. The summed E-state index contributed by atoms with van der Waals surface area (Å²) in [4.78, 5) is 31.3. The number of anilines is 1. The van der Waals surface area contributed by atoms with E-state index >= 15 is 0 Å². The molecule has 0 aliphatic carbocycles. The number of hydrogen-bond acceptors (Lipinski definition) is 6. The van der Waals surface area contributed by atoms with Gasteiger partial charge in [-0.25, -0.2) is 28.7 Å². The Morgan fingerprint density at radius 1 is 1.06 bits per heavy atom. The first kappa shape index (κ1) is 20.1. The second-order valence-corrected chi connectivity index (χ2v) is 6.49. The number of halogens is 2. The molecule has 3 N–H and O–H groups in total. The van der Waals surface area contributed by atoms with E-state index in [-0.39, 0.29) is 5.39 Å². The molecule has 0 atom stereocenters. The minimum atomic E-state index is -0.608. The molecule has 2 aromatic carbocycles. The summed E-state index contributed by atoms with van der Waals surface area (Å²) in [6, 6.07) is 9.82. The van der Waals surface area contributed by atoms with E-state index < -0.39 is 17.2 Å². The zero-order valence-corrected chi connectivity index (χ0v) is 16.4. The van der Waals surface area contributed by atoms with Gasteiger partial charge in [0.25, 0.3) is 5.56 Å². The van der Waals surface area contributed by atoms with Crippen LogP contribution in [0.3, 0.4) is 0 Å². The maximum atomic E-state index is 13.9. The SMILES string of the molecule is CCc1nc2cccc(F)c2c(=O)n1-c1ccc(F)cc1.Nc1ncnc2nc[nH]c12. The molecule has 0 saturated carbocycles. The first-order chi connectivity index (χ1) is 15.0. The fourth-order valence-corrected chi connectivity index (χ4v) is 3.11. The Balaban J connectivity index is 0.000000192. The van der Waals surface area contributed by atoms with Crippen molar-refractivity contribution in [3.05, 3.63) is 82.9 Å². The van der Waals surface area contributed by atoms with Crippen LogP contribution in [-0.2, 0) is 6.42 Å². The molecule has 0 aliphatic heterocycles. The minimum absolute atomic E-state index is 0.0565. The van der Waals surface area contributed by atoms with Gasteiger partial charge in [-0.1, -0.05) is 13.0 Å². The number of aromatic nitrogens is 6. The van der Waals surface area contributed by atoms with E-state index in [0.717, 1.165) is 0 Å². The molecule has 8 nitrogen and oxygen atoms in total. The van der Waals surface area contributed by atoms with Gasteiger partial charge in [-0.3, -0.25) is 9.36 Å². The molecular weight excluding hydrogens is 404 g/mol. The molecule has 0 bridgehead atoms. The quantitative estimate of drug-likeness (QED) is 0.452. The number of benzene rings is 2. The first-order valence-electron chi connectivity index (χ1n) is 9.35. The Hall–Kier alpha value is -4.21. The molecule has 0 saturated heterocycles. The average Bonchev–Trinajstić information content (AvgIpc) is 3.25. The summed E-state index contributed by atoms with van der Waals surface area (Å²) in [5, 5.41) is -0.0565. The number of fused-ring (bicyclic) bond motifs is 2. The molecule has 5 aromatic rings. The summed E-state index contributed by atoms with van der Waals surface area (Å²) >= 11 is 0. The van der Waals surface area contributed by atoms with Crippen molar-refractivity contribution in [3.63, 3.8) is 0 Å². The number of rotatable bonds is 2. The van der Waals surface area contributed by atoms with Gasteiger partial charge in [-0.05, 0) is 36.4 Å². The normalized spacial score (nSPS) is 10.8. The van der Waals surface area contributed by atoms with E-state index in [1.54, 1.807) is 6.07 Å². The summed E-state index contributed by atoms with van der Waals surface area (Å²) in [5.74, 6) is -0.0690. The van der Waals surface area contributed by atoms with Gasteiger partial charge in [-0.15, -0.1) is 0 Å². The molecule has 3 heterocycles. The summed E-state index contributed by atoms with van der Waals surface area (Å²) in [5.41, 5.74) is 7.09. The molecule has 31 heavy (non-hydrogen) atoms. The van der Waals surface area contributed by atoms with E-state index in [0.29, 0.717) is 40.4 Å². The molecule has 0 spiro atoms. The average molecular weight is 421 g/mol. The van der Waals surface area contributed by atoms with E-state index in [1.165, 1.54) is 53.6 Å². The number of H-pyrrole nitrogens is 1. The van der Waals surface area contributed by atoms with Crippen molar-refractivity contribution in [2.75, 3.05) is 5.73 Å². The first-order valence-corrected chi connectivity index (χ1v) is 9.35. The fourth-order valence-electron chi connectivity index (χ4n) is 3.11. The van der Waals surface area contributed by atoms with Crippen molar-refractivity contribution in [2.45, 2.75) is 13.3 Å². The Morgan fingerprint density at radius 2 is 1.84 bits per heavy atom. The van der Waals surface area contributed by atoms with Crippen molar-refractivity contribution >= 4 is 27.9 Å². The number of nitrogen functional groups attached to an aromatic ring is 1. The van der Waals surface area contributed by atoms with Gasteiger partial charge in [0, 0.05) is 6.42 Å². The Morgan fingerprint density at radius 3 is 2.55 bits per heavy atom. The lowest BCUT2D eigenvalue weighted by atomic mass is 10.2. The third kappa shape index (κ3) is 3.82. The monoisotopic (exact) mass is 421 g/mol. The highest BCUT2D eigenvalue weighted by Gasteiger charge is 2.14. The highest BCUT2D eigenvalue weighted by Crippen LogP contribution is 2.16. The number of nitrogens with zero attached hydrogens (tertiary/aromatic N) is 5. The van der Waals surface area contributed by atoms with Crippen LogP contribution < -0.4 is 11.3 Å². The largest absolute Gasteiger partial charge is 0.382 e. The Kier molecular flexibility index (Phi) is 5.35. The number of hydrogen-bond donors (Lipinski definition) is 2. The van der Waals surface area contributed by atoms with Crippen molar-refractivity contribution in [2.24, 2.45) is 0 Å². The molecule has 156 valence electrons. The highest BCUT2D eigenvalue weighted by atomic mass is 19.1. The van der Waals surface area contributed by atoms with E-state index in [2.05, 4.69) is 24.9 Å². The van der Waals surface area contributed by atoms with Gasteiger partial charge in [0.1, 0.15) is 34.7 Å². The zero-order chi connectivity index (χ0) is 22.0. The number of aromatic amines is 1. The fraction of sp³-hybridized carbons (Fsp3) is 0.0952.